The molecule has 2 aliphatic heterocycles. The molecule has 0 radical (unpaired) electrons. The first kappa shape index (κ1) is 12.6. The Kier molecular flexibility index (Phi) is 4.67. The lowest BCUT2D eigenvalue weighted by atomic mass is 10.3. The Balaban J connectivity index is 0.00000112. The zero-order chi connectivity index (χ0) is 9.97. The summed E-state index contributed by atoms with van der Waals surface area (Å²) in [6.45, 7) is 5.74. The van der Waals surface area contributed by atoms with E-state index >= 15 is 0 Å². The second kappa shape index (κ2) is 5.56. The molecule has 0 aromatic rings. The Labute approximate surface area is 97.6 Å². The Hall–Kier alpha value is -0.480. The molecule has 5 heteroatoms. The number of halogens is 1. The zero-order valence-corrected chi connectivity index (χ0v) is 10.1. The van der Waals surface area contributed by atoms with Crippen molar-refractivity contribution in [2.75, 3.05) is 46.3 Å². The lowest BCUT2D eigenvalue weighted by molar-refractivity contribution is 0.129. The van der Waals surface area contributed by atoms with Crippen LogP contribution >= 0.6 is 12.4 Å². The van der Waals surface area contributed by atoms with Crippen LogP contribution in [0.5, 0.6) is 0 Å². The summed E-state index contributed by atoms with van der Waals surface area (Å²) in [6, 6.07) is 0.260. The number of likely N-dealkylation sites (tertiary alicyclic amines) is 1. The van der Waals surface area contributed by atoms with Crippen LogP contribution in [0.15, 0.2) is 0 Å². The minimum atomic E-state index is 0. The number of piperazine rings is 1. The van der Waals surface area contributed by atoms with E-state index in [1.54, 1.807) is 0 Å². The summed E-state index contributed by atoms with van der Waals surface area (Å²) in [6.07, 6.45) is 2.36. The first-order valence-electron chi connectivity index (χ1n) is 5.50. The molecule has 0 aromatic carbocycles. The molecule has 0 aromatic heterocycles. The van der Waals surface area contributed by atoms with Crippen LogP contribution < -0.4 is 0 Å². The van der Waals surface area contributed by atoms with Gasteiger partial charge in [0.1, 0.15) is 0 Å². The van der Waals surface area contributed by atoms with E-state index in [9.17, 15) is 4.79 Å². The molecular formula is C10H20ClN3O. The number of carbonyl (C=O) groups is 1. The van der Waals surface area contributed by atoms with E-state index in [-0.39, 0.29) is 18.4 Å². The van der Waals surface area contributed by atoms with Gasteiger partial charge in [-0.05, 0) is 19.9 Å². The van der Waals surface area contributed by atoms with Crippen LogP contribution in [0.2, 0.25) is 0 Å². The largest absolute Gasteiger partial charge is 0.325 e. The lowest BCUT2D eigenvalue weighted by Gasteiger charge is -2.34. The molecule has 2 heterocycles. The van der Waals surface area contributed by atoms with Gasteiger partial charge in [0.15, 0.2) is 0 Å². The third kappa shape index (κ3) is 2.98. The van der Waals surface area contributed by atoms with Crippen LogP contribution in [0.4, 0.5) is 4.79 Å². The number of hydrogen-bond acceptors (Lipinski definition) is 2. The Morgan fingerprint density at radius 3 is 1.87 bits per heavy atom. The van der Waals surface area contributed by atoms with Crippen molar-refractivity contribution in [3.8, 4) is 0 Å². The number of nitrogens with zero attached hydrogens (tertiary/aromatic N) is 3. The summed E-state index contributed by atoms with van der Waals surface area (Å²) >= 11 is 0. The summed E-state index contributed by atoms with van der Waals surface area (Å²) in [5.41, 5.74) is 0. The maximum absolute atomic E-state index is 11.9. The van der Waals surface area contributed by atoms with Crippen molar-refractivity contribution in [3.63, 3.8) is 0 Å². The first-order chi connectivity index (χ1) is 6.77. The zero-order valence-electron chi connectivity index (χ0n) is 9.31. The Morgan fingerprint density at radius 2 is 1.33 bits per heavy atom. The van der Waals surface area contributed by atoms with Gasteiger partial charge in [-0.3, -0.25) is 0 Å². The molecule has 0 unspecified atom stereocenters. The second-order valence-corrected chi connectivity index (χ2v) is 4.27. The average molecular weight is 234 g/mol. The Morgan fingerprint density at radius 1 is 0.867 bits per heavy atom. The van der Waals surface area contributed by atoms with Gasteiger partial charge in [-0.1, -0.05) is 0 Å². The minimum Gasteiger partial charge on any atom is -0.325 e. The van der Waals surface area contributed by atoms with Crippen LogP contribution in [-0.4, -0.2) is 67.0 Å². The minimum absolute atomic E-state index is 0. The highest BCUT2D eigenvalue weighted by molar-refractivity contribution is 5.85. The van der Waals surface area contributed by atoms with Crippen LogP contribution in [0, 0.1) is 0 Å². The fourth-order valence-corrected chi connectivity index (χ4v) is 2.11. The maximum atomic E-state index is 11.9. The van der Waals surface area contributed by atoms with E-state index in [1.807, 2.05) is 9.80 Å². The topological polar surface area (TPSA) is 26.8 Å². The van der Waals surface area contributed by atoms with E-state index in [1.165, 1.54) is 12.8 Å². The highest BCUT2D eigenvalue weighted by atomic mass is 35.5. The highest BCUT2D eigenvalue weighted by Gasteiger charge is 2.25. The number of amides is 2. The summed E-state index contributed by atoms with van der Waals surface area (Å²) < 4.78 is 0. The molecule has 0 N–H and O–H groups in total. The van der Waals surface area contributed by atoms with Gasteiger partial charge in [-0.2, -0.15) is 0 Å². The molecule has 88 valence electrons. The van der Waals surface area contributed by atoms with E-state index in [4.69, 9.17) is 0 Å². The van der Waals surface area contributed by atoms with E-state index in [2.05, 4.69) is 11.9 Å². The molecule has 4 nitrogen and oxygen atoms in total. The van der Waals surface area contributed by atoms with Crippen molar-refractivity contribution in [1.29, 1.82) is 0 Å². The van der Waals surface area contributed by atoms with E-state index in [0.29, 0.717) is 0 Å². The Bertz CT molecular complexity index is 211. The summed E-state index contributed by atoms with van der Waals surface area (Å²) in [5.74, 6) is 0. The fourth-order valence-electron chi connectivity index (χ4n) is 2.11. The standard InChI is InChI=1S/C10H19N3O.ClH/c1-11-6-8-13(9-7-11)10(14)12-4-2-3-5-12;/h2-9H2,1H3;1H. The van der Waals surface area contributed by atoms with Gasteiger partial charge in [0.2, 0.25) is 0 Å². The smallest absolute Gasteiger partial charge is 0.320 e. The average Bonchev–Trinajstić information content (AvgIpc) is 2.71. The molecule has 2 aliphatic rings. The third-order valence-electron chi connectivity index (χ3n) is 3.15. The van der Waals surface area contributed by atoms with Crippen molar-refractivity contribution >= 4 is 18.4 Å². The predicted molar refractivity (Wildman–Crippen MR) is 62.5 cm³/mol. The quantitative estimate of drug-likeness (QED) is 0.621. The fraction of sp³-hybridized carbons (Fsp3) is 0.900. The van der Waals surface area contributed by atoms with Crippen LogP contribution in [-0.2, 0) is 0 Å². The number of likely N-dealkylation sites (N-methyl/N-ethyl adjacent to an activating group) is 1. The number of hydrogen-bond donors (Lipinski definition) is 0. The highest BCUT2D eigenvalue weighted by Crippen LogP contribution is 2.11. The molecule has 0 aliphatic carbocycles. The first-order valence-corrected chi connectivity index (χ1v) is 5.50. The van der Waals surface area contributed by atoms with Crippen molar-refractivity contribution in [3.05, 3.63) is 0 Å². The molecule has 2 saturated heterocycles. The molecule has 2 fully saturated rings. The van der Waals surface area contributed by atoms with Gasteiger partial charge in [0.05, 0.1) is 0 Å². The summed E-state index contributed by atoms with van der Waals surface area (Å²) in [5, 5.41) is 0. The predicted octanol–water partition coefficient (Wildman–Crippen LogP) is 0.871. The molecule has 0 saturated carbocycles. The molecule has 2 amide bonds. The molecule has 0 spiro atoms. The molecule has 15 heavy (non-hydrogen) atoms. The van der Waals surface area contributed by atoms with Crippen LogP contribution in [0.1, 0.15) is 12.8 Å². The molecule has 2 rings (SSSR count). The third-order valence-corrected chi connectivity index (χ3v) is 3.15. The van der Waals surface area contributed by atoms with Gasteiger partial charge in [-0.25, -0.2) is 4.79 Å². The lowest BCUT2D eigenvalue weighted by Crippen LogP contribution is -2.51. The van der Waals surface area contributed by atoms with Crippen molar-refractivity contribution in [2.45, 2.75) is 12.8 Å². The summed E-state index contributed by atoms with van der Waals surface area (Å²) in [7, 11) is 2.11. The second-order valence-electron chi connectivity index (χ2n) is 4.27. The van der Waals surface area contributed by atoms with Crippen molar-refractivity contribution < 1.29 is 4.79 Å². The van der Waals surface area contributed by atoms with Gasteiger partial charge >= 0.3 is 6.03 Å². The van der Waals surface area contributed by atoms with Crippen molar-refractivity contribution in [1.82, 2.24) is 14.7 Å². The number of carbonyl (C=O) groups excluding carboxylic acids is 1. The maximum Gasteiger partial charge on any atom is 0.320 e. The molecule has 0 atom stereocenters. The van der Waals surface area contributed by atoms with E-state index < -0.39 is 0 Å². The van der Waals surface area contributed by atoms with Crippen molar-refractivity contribution in [2.24, 2.45) is 0 Å². The molecular weight excluding hydrogens is 214 g/mol. The van der Waals surface area contributed by atoms with Gasteiger partial charge < -0.3 is 14.7 Å². The van der Waals surface area contributed by atoms with Crippen LogP contribution in [0.3, 0.4) is 0 Å². The monoisotopic (exact) mass is 233 g/mol. The van der Waals surface area contributed by atoms with E-state index in [0.717, 1.165) is 39.3 Å². The SMILES string of the molecule is CN1CCN(C(=O)N2CCCC2)CC1.Cl. The molecule has 0 bridgehead atoms. The van der Waals surface area contributed by atoms with Gasteiger partial charge in [0.25, 0.3) is 0 Å². The number of urea groups is 1. The van der Waals surface area contributed by atoms with Crippen LogP contribution in [0.25, 0.3) is 0 Å². The van der Waals surface area contributed by atoms with Gasteiger partial charge in [0, 0.05) is 39.3 Å². The number of rotatable bonds is 0. The van der Waals surface area contributed by atoms with Gasteiger partial charge in [-0.15, -0.1) is 12.4 Å². The normalized spacial score (nSPS) is 22.7. The summed E-state index contributed by atoms with van der Waals surface area (Å²) in [4.78, 5) is 18.2.